The van der Waals surface area contributed by atoms with Gasteiger partial charge < -0.3 is 28.4 Å². The van der Waals surface area contributed by atoms with Gasteiger partial charge in [-0.1, -0.05) is 95.7 Å². The molecule has 0 bridgehead atoms. The highest BCUT2D eigenvalue weighted by atomic mass is 32.1. The lowest BCUT2D eigenvalue weighted by atomic mass is 10.1. The monoisotopic (exact) mass is 740 g/mol. The van der Waals surface area contributed by atoms with Crippen LogP contribution in [0.3, 0.4) is 0 Å². The van der Waals surface area contributed by atoms with Crippen LogP contribution in [0.1, 0.15) is 108 Å². The molecule has 292 valence electrons. The maximum atomic E-state index is 10.5. The number of aromatic nitrogens is 2. The fraction of sp³-hybridized carbons (Fsp3) is 0.632. The van der Waals surface area contributed by atoms with Gasteiger partial charge in [0.15, 0.2) is 5.82 Å². The van der Waals surface area contributed by atoms with Crippen LogP contribution in [-0.4, -0.2) is 81.7 Å². The molecule has 0 aliphatic rings. The van der Waals surface area contributed by atoms with Crippen LogP contribution in [-0.2, 0) is 42.8 Å². The Balaban J connectivity index is -0.000000573. The smallest absolute Gasteiger partial charge is 0.469 e. The number of hydrogen-bond acceptors (Lipinski definition) is 13. The number of rotatable bonds is 18. The van der Waals surface area contributed by atoms with E-state index in [1.807, 2.05) is 13.8 Å². The fourth-order valence-electron chi connectivity index (χ4n) is 3.32. The zero-order chi connectivity index (χ0) is 39.1. The molecule has 51 heavy (non-hydrogen) atoms. The van der Waals surface area contributed by atoms with Crippen molar-refractivity contribution in [3.63, 3.8) is 0 Å². The van der Waals surface area contributed by atoms with Gasteiger partial charge in [-0.25, -0.2) is 14.6 Å². The highest BCUT2D eigenvalue weighted by Crippen LogP contribution is 2.17. The first-order valence-corrected chi connectivity index (χ1v) is 18.3. The third-order valence-electron chi connectivity index (χ3n) is 6.30. The molecule has 1 aromatic carbocycles. The lowest BCUT2D eigenvalue weighted by molar-refractivity contribution is -0.143. The average Bonchev–Trinajstić information content (AvgIpc) is 3.59. The van der Waals surface area contributed by atoms with Crippen molar-refractivity contribution in [2.24, 2.45) is 0 Å². The summed E-state index contributed by atoms with van der Waals surface area (Å²) in [5, 5.41) is 1.01. The molecule has 0 saturated heterocycles. The quantitative estimate of drug-likeness (QED) is 0.0621. The standard InChI is InChI=1S/C10H10N2S.C8H12O4.C7H14O2.C7H16O.C6H12O3/c1-7-3-5-9(6-4-7)10-11-8(2)13-12-10;1-3-7(9)12-6-4-5-8(10)11-2;1-3-4-5-6-7(8)9-2;1-3-4-5-6-7-8-2;1-3-4-5-9-6(7)8-2/h3-6H,1-2H3;3H,1,4-6H2,2H3;3-6H2,1-2H3;3-7H2,1-2H3;3-5H2,1-2H3. The summed E-state index contributed by atoms with van der Waals surface area (Å²) in [7, 11) is 5.80. The second-order valence-corrected chi connectivity index (χ2v) is 11.8. The van der Waals surface area contributed by atoms with Gasteiger partial charge in [0.2, 0.25) is 0 Å². The van der Waals surface area contributed by atoms with Gasteiger partial charge in [-0.2, -0.15) is 4.37 Å². The molecule has 2 rings (SSSR count). The van der Waals surface area contributed by atoms with Crippen molar-refractivity contribution in [2.45, 2.75) is 112 Å². The molecule has 1 heterocycles. The largest absolute Gasteiger partial charge is 0.507 e. The zero-order valence-electron chi connectivity index (χ0n) is 32.6. The van der Waals surface area contributed by atoms with Gasteiger partial charge in [-0.05, 0) is 51.1 Å². The molecule has 12 nitrogen and oxygen atoms in total. The Hall–Kier alpha value is -3.84. The van der Waals surface area contributed by atoms with Crippen LogP contribution in [0.25, 0.3) is 11.4 Å². The van der Waals surface area contributed by atoms with Crippen molar-refractivity contribution < 1.29 is 47.6 Å². The molecule has 0 fully saturated rings. The molecule has 0 saturated carbocycles. The van der Waals surface area contributed by atoms with E-state index >= 15 is 0 Å². The maximum absolute atomic E-state index is 10.5. The highest BCUT2D eigenvalue weighted by molar-refractivity contribution is 7.05. The topological polar surface area (TPSA) is 149 Å². The number of esters is 3. The molecule has 0 unspecified atom stereocenters. The van der Waals surface area contributed by atoms with Crippen molar-refractivity contribution in [3.05, 3.63) is 47.5 Å². The molecule has 0 aliphatic carbocycles. The number of aryl methyl sites for hydroxylation is 2. The van der Waals surface area contributed by atoms with Gasteiger partial charge in [0.05, 0.1) is 34.5 Å². The minimum atomic E-state index is -0.594. The maximum Gasteiger partial charge on any atom is 0.507 e. The highest BCUT2D eigenvalue weighted by Gasteiger charge is 2.03. The Labute approximate surface area is 310 Å². The van der Waals surface area contributed by atoms with E-state index < -0.39 is 12.1 Å². The summed E-state index contributed by atoms with van der Waals surface area (Å²) in [5.74, 6) is -0.0320. The predicted octanol–water partition coefficient (Wildman–Crippen LogP) is 9.01. The molecule has 0 aliphatic heterocycles. The van der Waals surface area contributed by atoms with E-state index in [1.165, 1.54) is 64.1 Å². The van der Waals surface area contributed by atoms with Crippen LogP contribution in [0.4, 0.5) is 4.79 Å². The predicted molar refractivity (Wildman–Crippen MR) is 203 cm³/mol. The van der Waals surface area contributed by atoms with Crippen LogP contribution in [0.5, 0.6) is 0 Å². The van der Waals surface area contributed by atoms with Crippen LogP contribution >= 0.6 is 11.5 Å². The molecule has 0 radical (unpaired) electrons. The number of benzene rings is 1. The molecule has 0 atom stereocenters. The lowest BCUT2D eigenvalue weighted by Crippen LogP contribution is -2.05. The van der Waals surface area contributed by atoms with E-state index in [0.717, 1.165) is 61.2 Å². The molecular formula is C38H64N2O10S. The summed E-state index contributed by atoms with van der Waals surface area (Å²) in [6.45, 7) is 15.2. The molecular weight excluding hydrogens is 676 g/mol. The number of methoxy groups -OCH3 is 4. The van der Waals surface area contributed by atoms with Gasteiger partial charge in [-0.3, -0.25) is 9.59 Å². The fourth-order valence-corrected chi connectivity index (χ4v) is 3.81. The summed E-state index contributed by atoms with van der Waals surface area (Å²) in [4.78, 5) is 46.0. The summed E-state index contributed by atoms with van der Waals surface area (Å²) < 4.78 is 31.4. The molecule has 13 heteroatoms. The number of hydrogen-bond donors (Lipinski definition) is 0. The number of nitrogens with zero attached hydrogens (tertiary/aromatic N) is 2. The van der Waals surface area contributed by atoms with Gasteiger partial charge in [0, 0.05) is 38.2 Å². The molecule has 1 aromatic heterocycles. The molecule has 0 N–H and O–H groups in total. The van der Waals surface area contributed by atoms with Crippen molar-refractivity contribution in [3.8, 4) is 11.4 Å². The first-order valence-electron chi connectivity index (χ1n) is 17.5. The summed E-state index contributed by atoms with van der Waals surface area (Å²) in [6, 6.07) is 8.25. The van der Waals surface area contributed by atoms with Crippen molar-refractivity contribution in [2.75, 3.05) is 48.3 Å². The SMILES string of the molecule is C=CC(=O)OCCCC(=O)OC.CCCCCC(=O)OC.CCCCCCOC.CCCCOC(=O)OC.Cc1ccc(-c2nsc(C)n2)cc1. The average molecular weight is 741 g/mol. The minimum Gasteiger partial charge on any atom is -0.469 e. The number of ether oxygens (including phenoxy) is 6. The lowest BCUT2D eigenvalue weighted by Gasteiger charge is -2.00. The Morgan fingerprint density at radius 2 is 1.24 bits per heavy atom. The van der Waals surface area contributed by atoms with Crippen molar-refractivity contribution in [1.29, 1.82) is 0 Å². The number of carbonyl (C=O) groups excluding carboxylic acids is 4. The van der Waals surface area contributed by atoms with E-state index in [9.17, 15) is 19.2 Å². The van der Waals surface area contributed by atoms with Crippen LogP contribution < -0.4 is 0 Å². The van der Waals surface area contributed by atoms with Crippen molar-refractivity contribution >= 4 is 35.6 Å². The summed E-state index contributed by atoms with van der Waals surface area (Å²) in [6.07, 6.45) is 12.2. The zero-order valence-corrected chi connectivity index (χ0v) is 33.4. The van der Waals surface area contributed by atoms with Gasteiger partial charge in [0.25, 0.3) is 0 Å². The third-order valence-corrected chi connectivity index (χ3v) is 6.92. The normalized spacial score (nSPS) is 9.35. The third kappa shape index (κ3) is 37.2. The van der Waals surface area contributed by atoms with Gasteiger partial charge >= 0.3 is 24.1 Å². The van der Waals surface area contributed by atoms with E-state index in [0.29, 0.717) is 19.4 Å². The van der Waals surface area contributed by atoms with E-state index in [2.05, 4.69) is 84.7 Å². The molecule has 0 spiro atoms. The van der Waals surface area contributed by atoms with Crippen LogP contribution in [0.2, 0.25) is 0 Å². The molecule has 0 amide bonds. The minimum absolute atomic E-state index is 0.0940. The Kier molecular flexibility index (Phi) is 39.4. The Morgan fingerprint density at radius 1 is 0.686 bits per heavy atom. The second-order valence-electron chi connectivity index (χ2n) is 10.8. The summed E-state index contributed by atoms with van der Waals surface area (Å²) >= 11 is 1.44. The number of unbranched alkanes of at least 4 members (excludes halogenated alkanes) is 6. The first kappa shape index (κ1) is 51.5. The van der Waals surface area contributed by atoms with Crippen molar-refractivity contribution in [1.82, 2.24) is 9.36 Å². The second kappa shape index (κ2) is 39.0. The first-order chi connectivity index (χ1) is 24.5. The molecule has 2 aromatic rings. The Bertz CT molecular complexity index is 1110. The van der Waals surface area contributed by atoms with Gasteiger partial charge in [0.1, 0.15) is 5.01 Å². The van der Waals surface area contributed by atoms with E-state index in [4.69, 9.17) is 4.74 Å². The van der Waals surface area contributed by atoms with Gasteiger partial charge in [-0.15, -0.1) is 0 Å². The number of carbonyl (C=O) groups is 4. The summed E-state index contributed by atoms with van der Waals surface area (Å²) in [5.41, 5.74) is 2.35. The van der Waals surface area contributed by atoms with E-state index in [-0.39, 0.29) is 25.0 Å². The van der Waals surface area contributed by atoms with E-state index in [1.54, 1.807) is 7.11 Å². The van der Waals surface area contributed by atoms with Crippen LogP contribution in [0.15, 0.2) is 36.9 Å². The van der Waals surface area contributed by atoms with Crippen LogP contribution in [0, 0.1) is 13.8 Å². The Morgan fingerprint density at radius 3 is 1.71 bits per heavy atom.